The Hall–Kier alpha value is -1.29. The minimum Gasteiger partial charge on any atom is -0.381 e. The van der Waals surface area contributed by atoms with Crippen molar-refractivity contribution in [3.8, 4) is 0 Å². The molecular formula is C14H18BrN3. The van der Waals surface area contributed by atoms with Crippen molar-refractivity contribution in [2.24, 2.45) is 7.05 Å². The lowest BCUT2D eigenvalue weighted by molar-refractivity contribution is 0.738. The first kappa shape index (κ1) is 13.1. The summed E-state index contributed by atoms with van der Waals surface area (Å²) in [7, 11) is 1.97. The molecule has 0 atom stereocenters. The van der Waals surface area contributed by atoms with E-state index in [0.717, 1.165) is 17.4 Å². The number of halogens is 1. The SMILES string of the molecule is CCc1cc(Br)ccc1NCc1cnn(C)c1C. The zero-order chi connectivity index (χ0) is 13.1. The second kappa shape index (κ2) is 5.57. The van der Waals surface area contributed by atoms with Crippen LogP contribution in [0.5, 0.6) is 0 Å². The molecule has 1 heterocycles. The van der Waals surface area contributed by atoms with Gasteiger partial charge in [-0.25, -0.2) is 0 Å². The van der Waals surface area contributed by atoms with E-state index in [1.165, 1.54) is 22.5 Å². The Labute approximate surface area is 116 Å². The summed E-state index contributed by atoms with van der Waals surface area (Å²) >= 11 is 3.51. The van der Waals surface area contributed by atoms with E-state index in [1.54, 1.807) is 0 Å². The fraction of sp³-hybridized carbons (Fsp3) is 0.357. The van der Waals surface area contributed by atoms with Crippen LogP contribution in [0.25, 0.3) is 0 Å². The maximum atomic E-state index is 4.25. The van der Waals surface area contributed by atoms with Gasteiger partial charge in [0.2, 0.25) is 0 Å². The summed E-state index contributed by atoms with van der Waals surface area (Å²) in [5.41, 5.74) is 4.97. The molecule has 0 bridgehead atoms. The summed E-state index contributed by atoms with van der Waals surface area (Å²) in [4.78, 5) is 0. The average Bonchev–Trinajstić information content (AvgIpc) is 2.68. The van der Waals surface area contributed by atoms with E-state index in [1.807, 2.05) is 17.9 Å². The first-order valence-electron chi connectivity index (χ1n) is 6.11. The number of aryl methyl sites for hydroxylation is 2. The van der Waals surface area contributed by atoms with Gasteiger partial charge in [0.15, 0.2) is 0 Å². The molecule has 0 aliphatic carbocycles. The summed E-state index contributed by atoms with van der Waals surface area (Å²) in [5, 5.41) is 7.74. The van der Waals surface area contributed by atoms with E-state index in [9.17, 15) is 0 Å². The molecule has 0 radical (unpaired) electrons. The highest BCUT2D eigenvalue weighted by Crippen LogP contribution is 2.22. The zero-order valence-electron chi connectivity index (χ0n) is 11.0. The molecule has 0 spiro atoms. The molecule has 1 aromatic carbocycles. The van der Waals surface area contributed by atoms with E-state index in [2.05, 4.69) is 58.4 Å². The Morgan fingerprint density at radius 3 is 2.72 bits per heavy atom. The van der Waals surface area contributed by atoms with Crippen LogP contribution in [0.4, 0.5) is 5.69 Å². The number of anilines is 1. The van der Waals surface area contributed by atoms with Crippen LogP contribution in [-0.4, -0.2) is 9.78 Å². The molecule has 0 fully saturated rings. The lowest BCUT2D eigenvalue weighted by Crippen LogP contribution is -2.03. The fourth-order valence-corrected chi connectivity index (χ4v) is 2.34. The van der Waals surface area contributed by atoms with Crippen LogP contribution in [0.3, 0.4) is 0 Å². The number of benzene rings is 1. The van der Waals surface area contributed by atoms with Gasteiger partial charge in [0, 0.05) is 35.0 Å². The van der Waals surface area contributed by atoms with Crippen LogP contribution in [0.15, 0.2) is 28.9 Å². The first-order chi connectivity index (χ1) is 8.61. The van der Waals surface area contributed by atoms with Crippen LogP contribution in [0, 0.1) is 6.92 Å². The van der Waals surface area contributed by atoms with Gasteiger partial charge >= 0.3 is 0 Å². The van der Waals surface area contributed by atoms with E-state index < -0.39 is 0 Å². The van der Waals surface area contributed by atoms with E-state index in [-0.39, 0.29) is 0 Å². The summed E-state index contributed by atoms with van der Waals surface area (Å²) < 4.78 is 3.03. The van der Waals surface area contributed by atoms with Crippen molar-refractivity contribution in [3.05, 3.63) is 45.7 Å². The van der Waals surface area contributed by atoms with Gasteiger partial charge in [-0.2, -0.15) is 5.10 Å². The summed E-state index contributed by atoms with van der Waals surface area (Å²) in [6, 6.07) is 6.35. The van der Waals surface area contributed by atoms with Crippen LogP contribution in [-0.2, 0) is 20.0 Å². The predicted octanol–water partition coefficient (Wildman–Crippen LogP) is 3.67. The van der Waals surface area contributed by atoms with Gasteiger partial charge in [-0.15, -0.1) is 0 Å². The number of nitrogens with zero attached hydrogens (tertiary/aromatic N) is 2. The normalized spacial score (nSPS) is 10.7. The van der Waals surface area contributed by atoms with Gasteiger partial charge in [-0.05, 0) is 37.1 Å². The van der Waals surface area contributed by atoms with Gasteiger partial charge in [0.05, 0.1) is 6.20 Å². The molecule has 0 saturated heterocycles. The highest BCUT2D eigenvalue weighted by molar-refractivity contribution is 9.10. The van der Waals surface area contributed by atoms with Crippen molar-refractivity contribution in [1.29, 1.82) is 0 Å². The molecule has 2 rings (SSSR count). The summed E-state index contributed by atoms with van der Waals surface area (Å²) in [5.74, 6) is 0. The van der Waals surface area contributed by atoms with Gasteiger partial charge in [0.1, 0.15) is 0 Å². The molecular weight excluding hydrogens is 290 g/mol. The Bertz CT molecular complexity index is 546. The third kappa shape index (κ3) is 2.75. The summed E-state index contributed by atoms with van der Waals surface area (Å²) in [6.45, 7) is 5.07. The van der Waals surface area contributed by atoms with Crippen molar-refractivity contribution in [2.45, 2.75) is 26.8 Å². The highest BCUT2D eigenvalue weighted by atomic mass is 79.9. The third-order valence-electron chi connectivity index (χ3n) is 3.25. The second-order valence-corrected chi connectivity index (χ2v) is 5.30. The van der Waals surface area contributed by atoms with Crippen molar-refractivity contribution in [2.75, 3.05) is 5.32 Å². The maximum absolute atomic E-state index is 4.25. The van der Waals surface area contributed by atoms with Gasteiger partial charge in [-0.1, -0.05) is 22.9 Å². The van der Waals surface area contributed by atoms with Crippen LogP contribution >= 0.6 is 15.9 Å². The zero-order valence-corrected chi connectivity index (χ0v) is 12.6. The smallest absolute Gasteiger partial charge is 0.0542 e. The molecule has 3 nitrogen and oxygen atoms in total. The number of nitrogens with one attached hydrogen (secondary N) is 1. The van der Waals surface area contributed by atoms with Crippen LogP contribution in [0.2, 0.25) is 0 Å². The van der Waals surface area contributed by atoms with Gasteiger partial charge < -0.3 is 5.32 Å². The van der Waals surface area contributed by atoms with Crippen molar-refractivity contribution >= 4 is 21.6 Å². The first-order valence-corrected chi connectivity index (χ1v) is 6.91. The van der Waals surface area contributed by atoms with Crippen LogP contribution < -0.4 is 5.32 Å². The molecule has 0 saturated carbocycles. The minimum atomic E-state index is 0.814. The number of hydrogen-bond donors (Lipinski definition) is 1. The standard InChI is InChI=1S/C14H18BrN3/c1-4-11-7-13(15)5-6-14(11)16-8-12-9-17-18(3)10(12)2/h5-7,9,16H,4,8H2,1-3H3. The predicted molar refractivity (Wildman–Crippen MR) is 78.8 cm³/mol. The molecule has 96 valence electrons. The maximum Gasteiger partial charge on any atom is 0.0542 e. The van der Waals surface area contributed by atoms with E-state index >= 15 is 0 Å². The van der Waals surface area contributed by atoms with Gasteiger partial charge in [0.25, 0.3) is 0 Å². The largest absolute Gasteiger partial charge is 0.381 e. The molecule has 1 aromatic heterocycles. The Morgan fingerprint density at radius 2 is 2.11 bits per heavy atom. The number of aromatic nitrogens is 2. The monoisotopic (exact) mass is 307 g/mol. The average molecular weight is 308 g/mol. The quantitative estimate of drug-likeness (QED) is 0.934. The highest BCUT2D eigenvalue weighted by Gasteiger charge is 2.05. The fourth-order valence-electron chi connectivity index (χ4n) is 1.94. The van der Waals surface area contributed by atoms with Crippen LogP contribution in [0.1, 0.15) is 23.7 Å². The lowest BCUT2D eigenvalue weighted by Gasteiger charge is -2.11. The molecule has 0 unspecified atom stereocenters. The van der Waals surface area contributed by atoms with E-state index in [4.69, 9.17) is 0 Å². The second-order valence-electron chi connectivity index (χ2n) is 4.39. The summed E-state index contributed by atoms with van der Waals surface area (Å²) in [6.07, 6.45) is 2.95. The Kier molecular flexibility index (Phi) is 4.07. The molecule has 18 heavy (non-hydrogen) atoms. The molecule has 0 aliphatic rings. The Morgan fingerprint density at radius 1 is 1.33 bits per heavy atom. The number of hydrogen-bond acceptors (Lipinski definition) is 2. The molecule has 0 aliphatic heterocycles. The van der Waals surface area contributed by atoms with E-state index in [0.29, 0.717) is 0 Å². The lowest BCUT2D eigenvalue weighted by atomic mass is 10.1. The van der Waals surface area contributed by atoms with Crippen molar-refractivity contribution in [1.82, 2.24) is 9.78 Å². The molecule has 1 N–H and O–H groups in total. The molecule has 2 aromatic rings. The number of rotatable bonds is 4. The topological polar surface area (TPSA) is 29.9 Å². The van der Waals surface area contributed by atoms with Crippen molar-refractivity contribution < 1.29 is 0 Å². The Balaban J connectivity index is 2.13. The van der Waals surface area contributed by atoms with Crippen molar-refractivity contribution in [3.63, 3.8) is 0 Å². The van der Waals surface area contributed by atoms with Gasteiger partial charge in [-0.3, -0.25) is 4.68 Å². The molecule has 0 amide bonds. The molecule has 4 heteroatoms. The minimum absolute atomic E-state index is 0.814. The third-order valence-corrected chi connectivity index (χ3v) is 3.75.